The molecular weight excluding hydrogens is 180 g/mol. The highest BCUT2D eigenvalue weighted by atomic mass is 16.1. The molecule has 0 bridgehead atoms. The number of hydrogen-bond acceptors (Lipinski definition) is 3. The minimum absolute atomic E-state index is 0.0503. The summed E-state index contributed by atoms with van der Waals surface area (Å²) in [4.78, 5) is 11.5. The molecule has 14 heavy (non-hydrogen) atoms. The van der Waals surface area contributed by atoms with Crippen LogP contribution in [0.3, 0.4) is 0 Å². The van der Waals surface area contributed by atoms with Crippen molar-refractivity contribution in [3.8, 4) is 0 Å². The minimum Gasteiger partial charge on any atom is -0.383 e. The normalized spacial score (nSPS) is 12.1. The fourth-order valence-electron chi connectivity index (χ4n) is 1.09. The van der Waals surface area contributed by atoms with E-state index in [2.05, 4.69) is 22.1 Å². The number of nitrogens with one attached hydrogen (secondary N) is 2. The van der Waals surface area contributed by atoms with Crippen LogP contribution in [-0.2, 0) is 0 Å². The van der Waals surface area contributed by atoms with Gasteiger partial charge < -0.3 is 11.1 Å². The first kappa shape index (κ1) is 10.3. The van der Waals surface area contributed by atoms with Crippen molar-refractivity contribution in [2.45, 2.75) is 19.4 Å². The van der Waals surface area contributed by atoms with E-state index in [1.54, 1.807) is 6.08 Å². The molecule has 0 radical (unpaired) electrons. The second-order valence-electron chi connectivity index (χ2n) is 3.10. The van der Waals surface area contributed by atoms with Crippen molar-refractivity contribution >= 4 is 11.7 Å². The maximum Gasteiger partial charge on any atom is 0.256 e. The molecule has 0 aromatic carbocycles. The summed E-state index contributed by atoms with van der Waals surface area (Å²) in [6.45, 7) is 5.49. The maximum absolute atomic E-state index is 11.5. The van der Waals surface area contributed by atoms with E-state index in [-0.39, 0.29) is 17.8 Å². The lowest BCUT2D eigenvalue weighted by Crippen LogP contribution is -2.32. The highest BCUT2D eigenvalue weighted by molar-refractivity contribution is 5.98. The van der Waals surface area contributed by atoms with E-state index in [0.717, 1.165) is 6.42 Å². The Morgan fingerprint density at radius 1 is 1.93 bits per heavy atom. The number of anilines is 1. The van der Waals surface area contributed by atoms with Crippen molar-refractivity contribution in [1.82, 2.24) is 15.5 Å². The van der Waals surface area contributed by atoms with Gasteiger partial charge in [0.25, 0.3) is 5.91 Å². The lowest BCUT2D eigenvalue weighted by Gasteiger charge is -2.10. The van der Waals surface area contributed by atoms with Crippen LogP contribution in [0.25, 0.3) is 0 Å². The Hall–Kier alpha value is -1.78. The number of carbonyl (C=O) groups excluding carboxylic acids is 1. The van der Waals surface area contributed by atoms with Crippen molar-refractivity contribution in [3.05, 3.63) is 24.4 Å². The minimum atomic E-state index is -0.217. The first-order chi connectivity index (χ1) is 6.65. The largest absolute Gasteiger partial charge is 0.383 e. The van der Waals surface area contributed by atoms with E-state index < -0.39 is 0 Å². The zero-order valence-corrected chi connectivity index (χ0v) is 8.08. The molecule has 0 fully saturated rings. The van der Waals surface area contributed by atoms with Crippen LogP contribution in [0.2, 0.25) is 0 Å². The van der Waals surface area contributed by atoms with Gasteiger partial charge in [-0.1, -0.05) is 6.08 Å². The first-order valence-electron chi connectivity index (χ1n) is 4.35. The molecule has 1 atom stereocenters. The van der Waals surface area contributed by atoms with Crippen LogP contribution >= 0.6 is 0 Å². The number of aromatic nitrogens is 2. The number of nitrogens with two attached hydrogens (primary N) is 1. The fraction of sp³-hybridized carbons (Fsp3) is 0.333. The van der Waals surface area contributed by atoms with Crippen LogP contribution in [0.5, 0.6) is 0 Å². The number of nitrogen functional groups attached to an aromatic ring is 1. The lowest BCUT2D eigenvalue weighted by atomic mass is 10.2. The smallest absolute Gasteiger partial charge is 0.256 e. The van der Waals surface area contributed by atoms with E-state index in [4.69, 9.17) is 5.73 Å². The van der Waals surface area contributed by atoms with Gasteiger partial charge in [-0.2, -0.15) is 5.10 Å². The van der Waals surface area contributed by atoms with Crippen LogP contribution in [0, 0.1) is 0 Å². The molecule has 76 valence electrons. The molecule has 1 aromatic rings. The molecule has 5 nitrogen and oxygen atoms in total. The molecule has 1 unspecified atom stereocenters. The summed E-state index contributed by atoms with van der Waals surface area (Å²) in [5, 5.41) is 8.94. The van der Waals surface area contributed by atoms with Gasteiger partial charge in [0.2, 0.25) is 0 Å². The van der Waals surface area contributed by atoms with Crippen molar-refractivity contribution in [3.63, 3.8) is 0 Å². The Morgan fingerprint density at radius 3 is 3.14 bits per heavy atom. The third kappa shape index (κ3) is 2.35. The predicted octanol–water partition coefficient (Wildman–Crippen LogP) is 0.686. The molecule has 0 aliphatic heterocycles. The fourth-order valence-corrected chi connectivity index (χ4v) is 1.09. The van der Waals surface area contributed by atoms with E-state index >= 15 is 0 Å². The van der Waals surface area contributed by atoms with Gasteiger partial charge in [0.05, 0.1) is 6.20 Å². The van der Waals surface area contributed by atoms with Crippen molar-refractivity contribution < 1.29 is 4.79 Å². The Morgan fingerprint density at radius 2 is 2.64 bits per heavy atom. The molecule has 0 saturated carbocycles. The van der Waals surface area contributed by atoms with Crippen LogP contribution < -0.4 is 11.1 Å². The Kier molecular flexibility index (Phi) is 3.28. The van der Waals surface area contributed by atoms with Crippen LogP contribution in [-0.4, -0.2) is 22.1 Å². The molecule has 4 N–H and O–H groups in total. The van der Waals surface area contributed by atoms with Crippen LogP contribution in [0.4, 0.5) is 5.82 Å². The molecule has 1 rings (SSSR count). The Balaban J connectivity index is 2.59. The average molecular weight is 194 g/mol. The zero-order chi connectivity index (χ0) is 10.6. The second kappa shape index (κ2) is 4.45. The van der Waals surface area contributed by atoms with Gasteiger partial charge >= 0.3 is 0 Å². The summed E-state index contributed by atoms with van der Waals surface area (Å²) in [7, 11) is 0. The first-order valence-corrected chi connectivity index (χ1v) is 4.35. The number of hydrogen-bond donors (Lipinski definition) is 3. The third-order valence-electron chi connectivity index (χ3n) is 1.81. The number of amides is 1. The SMILES string of the molecule is C=CCC(C)NC(=O)c1cn[nH]c1N. The summed E-state index contributed by atoms with van der Waals surface area (Å²) in [6.07, 6.45) is 3.89. The molecule has 0 aliphatic carbocycles. The summed E-state index contributed by atoms with van der Waals surface area (Å²) in [5.41, 5.74) is 5.87. The van der Waals surface area contributed by atoms with Gasteiger partial charge in [-0.05, 0) is 13.3 Å². The van der Waals surface area contributed by atoms with Crippen molar-refractivity contribution in [1.29, 1.82) is 0 Å². The van der Waals surface area contributed by atoms with E-state index in [9.17, 15) is 4.79 Å². The molecule has 0 saturated heterocycles. The van der Waals surface area contributed by atoms with Crippen molar-refractivity contribution in [2.75, 3.05) is 5.73 Å². The highest BCUT2D eigenvalue weighted by Gasteiger charge is 2.12. The molecule has 1 aromatic heterocycles. The quantitative estimate of drug-likeness (QED) is 0.616. The number of H-pyrrole nitrogens is 1. The van der Waals surface area contributed by atoms with Gasteiger partial charge in [0, 0.05) is 6.04 Å². The van der Waals surface area contributed by atoms with Crippen molar-refractivity contribution in [2.24, 2.45) is 0 Å². The Labute approximate surface area is 82.4 Å². The zero-order valence-electron chi connectivity index (χ0n) is 8.08. The molecule has 1 heterocycles. The third-order valence-corrected chi connectivity index (χ3v) is 1.81. The van der Waals surface area contributed by atoms with Gasteiger partial charge in [0.1, 0.15) is 11.4 Å². The standard InChI is InChI=1S/C9H14N4O/c1-3-4-6(2)12-9(14)7-5-11-13-8(7)10/h3,5-6H,1,4H2,2H3,(H,12,14)(H3,10,11,13). The van der Waals surface area contributed by atoms with Crippen LogP contribution in [0.15, 0.2) is 18.9 Å². The van der Waals surface area contributed by atoms with Gasteiger partial charge in [0.15, 0.2) is 0 Å². The molecule has 0 spiro atoms. The van der Waals surface area contributed by atoms with E-state index in [0.29, 0.717) is 5.56 Å². The van der Waals surface area contributed by atoms with Crippen LogP contribution in [0.1, 0.15) is 23.7 Å². The van der Waals surface area contributed by atoms with E-state index in [1.807, 2.05) is 6.92 Å². The number of aromatic amines is 1. The average Bonchev–Trinajstić information content (AvgIpc) is 2.51. The lowest BCUT2D eigenvalue weighted by molar-refractivity contribution is 0.0941. The van der Waals surface area contributed by atoms with Gasteiger partial charge in [-0.15, -0.1) is 6.58 Å². The van der Waals surface area contributed by atoms with E-state index in [1.165, 1.54) is 6.20 Å². The number of carbonyl (C=O) groups is 1. The van der Waals surface area contributed by atoms with Gasteiger partial charge in [-0.25, -0.2) is 0 Å². The number of nitrogens with zero attached hydrogens (tertiary/aromatic N) is 1. The highest BCUT2D eigenvalue weighted by Crippen LogP contribution is 2.06. The van der Waals surface area contributed by atoms with Gasteiger partial charge in [-0.3, -0.25) is 9.89 Å². The summed E-state index contributed by atoms with van der Waals surface area (Å²) < 4.78 is 0. The predicted molar refractivity (Wildman–Crippen MR) is 54.7 cm³/mol. The second-order valence-corrected chi connectivity index (χ2v) is 3.10. The summed E-state index contributed by atoms with van der Waals surface area (Å²) >= 11 is 0. The molecular formula is C9H14N4O. The maximum atomic E-state index is 11.5. The summed E-state index contributed by atoms with van der Waals surface area (Å²) in [6, 6.07) is 0.0503. The molecule has 0 aliphatic rings. The topological polar surface area (TPSA) is 83.8 Å². The monoisotopic (exact) mass is 194 g/mol. The molecule has 1 amide bonds. The number of rotatable bonds is 4. The summed E-state index contributed by atoms with van der Waals surface area (Å²) in [5.74, 6) is 0.0684. The Bertz CT molecular complexity index is 331. The molecule has 5 heteroatoms.